The first-order chi connectivity index (χ1) is 14.9. The van der Waals surface area contributed by atoms with Gasteiger partial charge < -0.3 is 20.6 Å². The maximum atomic E-state index is 11.3. The lowest BCUT2D eigenvalue weighted by molar-refractivity contribution is -0.134. The van der Waals surface area contributed by atoms with Crippen LogP contribution in [0.1, 0.15) is 96.8 Å². The van der Waals surface area contributed by atoms with Gasteiger partial charge in [-0.1, -0.05) is 70.4 Å². The lowest BCUT2D eigenvalue weighted by atomic mass is 10.1. The summed E-state index contributed by atoms with van der Waals surface area (Å²) in [6.45, 7) is 2.67. The summed E-state index contributed by atoms with van der Waals surface area (Å²) < 4.78 is 0. The molecule has 7 nitrogen and oxygen atoms in total. The molecular weight excluding hydrogens is 398 g/mol. The SMILES string of the molecule is CCCCCCCC/C=C\CCCCCCCC(=O)NCCO.O=C(O)/C=C\C(=O)O. The number of carboxylic acid groups (broad SMARTS) is 2. The predicted octanol–water partition coefficient (Wildman–Crippen LogP) is 4.84. The van der Waals surface area contributed by atoms with Crippen molar-refractivity contribution in [2.45, 2.75) is 96.8 Å². The van der Waals surface area contributed by atoms with E-state index in [2.05, 4.69) is 24.4 Å². The van der Waals surface area contributed by atoms with Crippen LogP contribution in [0.25, 0.3) is 0 Å². The smallest absolute Gasteiger partial charge is 0.328 e. The third-order valence-electron chi connectivity index (χ3n) is 4.47. The van der Waals surface area contributed by atoms with E-state index in [1.54, 1.807) is 0 Å². The molecule has 0 aromatic heterocycles. The van der Waals surface area contributed by atoms with Crippen LogP contribution in [0.5, 0.6) is 0 Å². The standard InChI is InChI=1S/C20H39NO2.C4H4O4/c1-2-3-4-5-6-7-8-9-10-11-12-13-14-15-16-17-20(23)21-18-19-22;5-3(6)1-2-4(7)8/h9-10,22H,2-8,11-19H2,1H3,(H,21,23);1-2H,(H,5,6)(H,7,8)/b10-9-;2-1-. The average Bonchev–Trinajstić information content (AvgIpc) is 2.74. The average molecular weight is 442 g/mol. The zero-order valence-corrected chi connectivity index (χ0v) is 19.2. The summed E-state index contributed by atoms with van der Waals surface area (Å²) in [5, 5.41) is 26.9. The van der Waals surface area contributed by atoms with Gasteiger partial charge in [0.1, 0.15) is 0 Å². The van der Waals surface area contributed by atoms with E-state index in [0.717, 1.165) is 12.8 Å². The van der Waals surface area contributed by atoms with E-state index in [0.29, 0.717) is 25.1 Å². The zero-order valence-electron chi connectivity index (χ0n) is 19.2. The van der Waals surface area contributed by atoms with Crippen molar-refractivity contribution in [1.82, 2.24) is 5.32 Å². The Kier molecular flexibility index (Phi) is 25.9. The molecule has 0 heterocycles. The molecule has 1 amide bonds. The van der Waals surface area contributed by atoms with E-state index < -0.39 is 11.9 Å². The minimum Gasteiger partial charge on any atom is -0.478 e. The van der Waals surface area contributed by atoms with Gasteiger partial charge in [0, 0.05) is 25.1 Å². The molecule has 0 radical (unpaired) electrons. The van der Waals surface area contributed by atoms with Crippen molar-refractivity contribution in [1.29, 1.82) is 0 Å². The number of aliphatic hydroxyl groups excluding tert-OH is 1. The van der Waals surface area contributed by atoms with Crippen LogP contribution in [0, 0.1) is 0 Å². The Morgan fingerprint density at radius 3 is 1.61 bits per heavy atom. The molecule has 0 aliphatic rings. The predicted molar refractivity (Wildman–Crippen MR) is 124 cm³/mol. The fourth-order valence-electron chi connectivity index (χ4n) is 2.78. The van der Waals surface area contributed by atoms with E-state index in [9.17, 15) is 14.4 Å². The molecule has 7 heteroatoms. The van der Waals surface area contributed by atoms with Gasteiger partial charge in [0.2, 0.25) is 5.91 Å². The number of carbonyl (C=O) groups is 3. The zero-order chi connectivity index (χ0) is 23.6. The lowest BCUT2D eigenvalue weighted by Crippen LogP contribution is -2.25. The molecule has 0 aromatic carbocycles. The molecule has 0 aliphatic carbocycles. The normalized spacial score (nSPS) is 10.8. The maximum absolute atomic E-state index is 11.3. The van der Waals surface area contributed by atoms with Gasteiger partial charge in [-0.25, -0.2) is 9.59 Å². The molecule has 31 heavy (non-hydrogen) atoms. The Morgan fingerprint density at radius 2 is 1.16 bits per heavy atom. The minimum absolute atomic E-state index is 0.0259. The fraction of sp³-hybridized carbons (Fsp3) is 0.708. The number of carbonyl (C=O) groups excluding carboxylic acids is 1. The van der Waals surface area contributed by atoms with Crippen molar-refractivity contribution in [2.24, 2.45) is 0 Å². The Hall–Kier alpha value is -2.15. The van der Waals surface area contributed by atoms with E-state index in [-0.39, 0.29) is 12.5 Å². The molecule has 0 atom stereocenters. The summed E-state index contributed by atoms with van der Waals surface area (Å²) in [6, 6.07) is 0. The highest BCUT2D eigenvalue weighted by Gasteiger charge is 1.99. The molecule has 0 bridgehead atoms. The number of amides is 1. The second kappa shape index (κ2) is 25.9. The number of aliphatic hydroxyl groups is 1. The molecule has 0 rings (SSSR count). The van der Waals surface area contributed by atoms with Gasteiger partial charge >= 0.3 is 11.9 Å². The van der Waals surface area contributed by atoms with E-state index in [4.69, 9.17) is 15.3 Å². The van der Waals surface area contributed by atoms with Gasteiger partial charge in [0.25, 0.3) is 0 Å². The highest BCUT2D eigenvalue weighted by Crippen LogP contribution is 2.09. The minimum atomic E-state index is -1.26. The Morgan fingerprint density at radius 1 is 0.710 bits per heavy atom. The molecule has 0 spiro atoms. The molecule has 0 aliphatic heterocycles. The van der Waals surface area contributed by atoms with Crippen molar-refractivity contribution in [3.05, 3.63) is 24.3 Å². The van der Waals surface area contributed by atoms with Crippen LogP contribution in [0.15, 0.2) is 24.3 Å². The largest absolute Gasteiger partial charge is 0.478 e. The third-order valence-corrected chi connectivity index (χ3v) is 4.47. The van der Waals surface area contributed by atoms with Gasteiger partial charge in [0.15, 0.2) is 0 Å². The molecular formula is C24H43NO6. The first kappa shape index (κ1) is 31.0. The highest BCUT2D eigenvalue weighted by atomic mass is 16.4. The van der Waals surface area contributed by atoms with Crippen molar-refractivity contribution in [3.63, 3.8) is 0 Å². The van der Waals surface area contributed by atoms with Crippen LogP contribution in [-0.2, 0) is 14.4 Å². The van der Waals surface area contributed by atoms with Crippen LogP contribution >= 0.6 is 0 Å². The van der Waals surface area contributed by atoms with Crippen molar-refractivity contribution in [2.75, 3.05) is 13.2 Å². The number of unbranched alkanes of at least 4 members (excludes halogenated alkanes) is 11. The van der Waals surface area contributed by atoms with Crippen molar-refractivity contribution in [3.8, 4) is 0 Å². The number of nitrogens with one attached hydrogen (secondary N) is 1. The molecule has 4 N–H and O–H groups in total. The summed E-state index contributed by atoms with van der Waals surface area (Å²) in [7, 11) is 0. The monoisotopic (exact) mass is 441 g/mol. The molecule has 0 aromatic rings. The number of hydrogen-bond acceptors (Lipinski definition) is 4. The number of aliphatic carboxylic acids is 2. The Bertz CT molecular complexity index is 486. The maximum Gasteiger partial charge on any atom is 0.328 e. The second-order valence-electron chi connectivity index (χ2n) is 7.42. The molecule has 0 saturated carbocycles. The van der Waals surface area contributed by atoms with Crippen LogP contribution in [-0.4, -0.2) is 46.3 Å². The molecule has 0 fully saturated rings. The van der Waals surface area contributed by atoms with E-state index >= 15 is 0 Å². The molecule has 180 valence electrons. The first-order valence-corrected chi connectivity index (χ1v) is 11.6. The van der Waals surface area contributed by atoms with Crippen LogP contribution in [0.4, 0.5) is 0 Å². The van der Waals surface area contributed by atoms with Gasteiger partial charge in [-0.2, -0.15) is 0 Å². The number of allylic oxidation sites excluding steroid dienone is 2. The van der Waals surface area contributed by atoms with Gasteiger partial charge in [-0.15, -0.1) is 0 Å². The van der Waals surface area contributed by atoms with Crippen LogP contribution < -0.4 is 5.32 Å². The number of hydrogen-bond donors (Lipinski definition) is 4. The summed E-state index contributed by atoms with van der Waals surface area (Å²) >= 11 is 0. The van der Waals surface area contributed by atoms with Gasteiger partial charge in [-0.3, -0.25) is 4.79 Å². The fourth-order valence-corrected chi connectivity index (χ4v) is 2.78. The summed E-state index contributed by atoms with van der Waals surface area (Å²) in [6.07, 6.45) is 23.0. The lowest BCUT2D eigenvalue weighted by Gasteiger charge is -2.03. The quantitative estimate of drug-likeness (QED) is 0.129. The topological polar surface area (TPSA) is 124 Å². The number of rotatable bonds is 19. The van der Waals surface area contributed by atoms with Crippen LogP contribution in [0.3, 0.4) is 0 Å². The second-order valence-corrected chi connectivity index (χ2v) is 7.42. The summed E-state index contributed by atoms with van der Waals surface area (Å²) in [5.74, 6) is -2.45. The first-order valence-electron chi connectivity index (χ1n) is 11.6. The van der Waals surface area contributed by atoms with Gasteiger partial charge in [0.05, 0.1) is 6.61 Å². The van der Waals surface area contributed by atoms with Crippen molar-refractivity contribution < 1.29 is 29.7 Å². The van der Waals surface area contributed by atoms with E-state index in [1.807, 2.05) is 0 Å². The number of carboxylic acids is 2. The summed E-state index contributed by atoms with van der Waals surface area (Å²) in [5.41, 5.74) is 0. The Labute approximate surface area is 187 Å². The van der Waals surface area contributed by atoms with Gasteiger partial charge in [-0.05, 0) is 32.1 Å². The van der Waals surface area contributed by atoms with E-state index in [1.165, 1.54) is 70.6 Å². The summed E-state index contributed by atoms with van der Waals surface area (Å²) in [4.78, 5) is 30.4. The molecule has 0 saturated heterocycles. The molecule has 0 unspecified atom stereocenters. The highest BCUT2D eigenvalue weighted by molar-refractivity contribution is 5.89. The van der Waals surface area contributed by atoms with Crippen LogP contribution in [0.2, 0.25) is 0 Å². The Balaban J connectivity index is 0. The third kappa shape index (κ3) is 32.7. The van der Waals surface area contributed by atoms with Crippen molar-refractivity contribution >= 4 is 17.8 Å².